The van der Waals surface area contributed by atoms with Crippen molar-refractivity contribution in [2.75, 3.05) is 0 Å². The van der Waals surface area contributed by atoms with Crippen molar-refractivity contribution in [2.24, 2.45) is 0 Å². The van der Waals surface area contributed by atoms with E-state index in [1.807, 2.05) is 12.3 Å². The maximum absolute atomic E-state index is 9.64. The minimum absolute atomic E-state index is 0.0661. The second-order valence-electron chi connectivity index (χ2n) is 3.68. The molecular weight excluding hydrogens is 184 g/mol. The van der Waals surface area contributed by atoms with Crippen LogP contribution in [0.4, 0.5) is 0 Å². The van der Waals surface area contributed by atoms with Crippen molar-refractivity contribution in [3.8, 4) is 0 Å². The molecule has 1 heterocycles. The van der Waals surface area contributed by atoms with E-state index in [1.165, 1.54) is 0 Å². The number of aromatic nitrogens is 1. The van der Waals surface area contributed by atoms with Gasteiger partial charge in [-0.05, 0) is 20.8 Å². The Morgan fingerprint density at radius 1 is 1.69 bits per heavy atom. The third-order valence-corrected chi connectivity index (χ3v) is 2.88. The lowest BCUT2D eigenvalue weighted by Crippen LogP contribution is -2.44. The molecule has 0 aromatic carbocycles. The first-order chi connectivity index (χ1) is 6.00. The highest BCUT2D eigenvalue weighted by atomic mass is 32.1. The molecule has 3 nitrogen and oxygen atoms in total. The maximum Gasteiger partial charge on any atom is 0.106 e. The third kappa shape index (κ3) is 3.42. The van der Waals surface area contributed by atoms with Crippen molar-refractivity contribution in [3.63, 3.8) is 0 Å². The lowest BCUT2D eigenvalue weighted by molar-refractivity contribution is 0.0437. The fourth-order valence-corrected chi connectivity index (χ4v) is 1.40. The summed E-state index contributed by atoms with van der Waals surface area (Å²) >= 11 is 1.62. The van der Waals surface area contributed by atoms with Crippen LogP contribution in [0, 0.1) is 0 Å². The van der Waals surface area contributed by atoms with Gasteiger partial charge in [0.1, 0.15) is 5.01 Å². The highest BCUT2D eigenvalue weighted by Gasteiger charge is 2.21. The second kappa shape index (κ2) is 4.17. The number of hydrogen-bond acceptors (Lipinski definition) is 4. The molecule has 1 rings (SSSR count). The summed E-state index contributed by atoms with van der Waals surface area (Å²) in [5.41, 5.74) is -0.683. The van der Waals surface area contributed by atoms with Crippen LogP contribution in [-0.4, -0.2) is 21.7 Å². The molecule has 4 heteroatoms. The van der Waals surface area contributed by atoms with Crippen LogP contribution >= 0.6 is 11.3 Å². The zero-order chi connectivity index (χ0) is 9.90. The Morgan fingerprint density at radius 2 is 2.38 bits per heavy atom. The molecule has 0 amide bonds. The topological polar surface area (TPSA) is 45.2 Å². The summed E-state index contributed by atoms with van der Waals surface area (Å²) in [4.78, 5) is 4.14. The molecule has 1 aromatic heterocycles. The van der Waals surface area contributed by atoms with Gasteiger partial charge in [0.2, 0.25) is 0 Å². The Balaban J connectivity index is 2.35. The Hall–Kier alpha value is -0.450. The number of thiazole rings is 1. The quantitative estimate of drug-likeness (QED) is 0.772. The first-order valence-corrected chi connectivity index (χ1v) is 5.22. The van der Waals surface area contributed by atoms with Gasteiger partial charge in [-0.15, -0.1) is 11.3 Å². The van der Waals surface area contributed by atoms with Crippen molar-refractivity contribution in [2.45, 2.75) is 39.0 Å². The predicted molar refractivity (Wildman–Crippen MR) is 54.7 cm³/mol. The van der Waals surface area contributed by atoms with Gasteiger partial charge in [-0.2, -0.15) is 0 Å². The molecule has 0 aliphatic heterocycles. The Kier molecular flexibility index (Phi) is 3.41. The van der Waals surface area contributed by atoms with E-state index in [2.05, 4.69) is 10.3 Å². The number of hydrogen-bond donors (Lipinski definition) is 2. The zero-order valence-electron chi connectivity index (χ0n) is 8.24. The average molecular weight is 200 g/mol. The SMILES string of the molecule is CC(NCc1nccs1)C(C)(C)O. The van der Waals surface area contributed by atoms with Crippen LogP contribution in [0.25, 0.3) is 0 Å². The van der Waals surface area contributed by atoms with Gasteiger partial charge in [-0.25, -0.2) is 4.98 Å². The molecule has 0 bridgehead atoms. The number of aliphatic hydroxyl groups is 1. The van der Waals surface area contributed by atoms with Crippen LogP contribution in [0.1, 0.15) is 25.8 Å². The Morgan fingerprint density at radius 3 is 2.85 bits per heavy atom. The van der Waals surface area contributed by atoms with E-state index in [4.69, 9.17) is 0 Å². The predicted octanol–water partition coefficient (Wildman–Crippen LogP) is 1.39. The molecule has 0 radical (unpaired) electrons. The van der Waals surface area contributed by atoms with Crippen molar-refractivity contribution >= 4 is 11.3 Å². The van der Waals surface area contributed by atoms with E-state index < -0.39 is 5.60 Å². The lowest BCUT2D eigenvalue weighted by atomic mass is 10.0. The molecule has 0 aliphatic rings. The van der Waals surface area contributed by atoms with E-state index in [0.717, 1.165) is 11.6 Å². The summed E-state index contributed by atoms with van der Waals surface area (Å²) in [6, 6.07) is 0.0661. The fraction of sp³-hybridized carbons (Fsp3) is 0.667. The van der Waals surface area contributed by atoms with Gasteiger partial charge in [-0.1, -0.05) is 0 Å². The standard InChI is InChI=1S/C9H16N2OS/c1-7(9(2,3)12)11-6-8-10-4-5-13-8/h4-5,7,11-12H,6H2,1-3H3. The summed E-state index contributed by atoms with van der Waals surface area (Å²) in [5.74, 6) is 0. The van der Waals surface area contributed by atoms with E-state index >= 15 is 0 Å². The second-order valence-corrected chi connectivity index (χ2v) is 4.66. The number of rotatable bonds is 4. The average Bonchev–Trinajstić information content (AvgIpc) is 2.50. The molecule has 0 saturated carbocycles. The molecule has 0 saturated heterocycles. The molecule has 0 fully saturated rings. The third-order valence-electron chi connectivity index (χ3n) is 2.10. The highest BCUT2D eigenvalue weighted by Crippen LogP contribution is 2.09. The van der Waals surface area contributed by atoms with Gasteiger partial charge < -0.3 is 10.4 Å². The van der Waals surface area contributed by atoms with E-state index in [-0.39, 0.29) is 6.04 Å². The maximum atomic E-state index is 9.64. The van der Waals surface area contributed by atoms with Gasteiger partial charge in [0, 0.05) is 24.2 Å². The van der Waals surface area contributed by atoms with Crippen LogP contribution in [0.3, 0.4) is 0 Å². The minimum Gasteiger partial charge on any atom is -0.389 e. The van der Waals surface area contributed by atoms with Crippen LogP contribution < -0.4 is 5.32 Å². The van der Waals surface area contributed by atoms with Gasteiger partial charge >= 0.3 is 0 Å². The summed E-state index contributed by atoms with van der Waals surface area (Å²) in [6.45, 7) is 6.29. The smallest absolute Gasteiger partial charge is 0.106 e. The summed E-state index contributed by atoms with van der Waals surface area (Å²) in [5, 5.41) is 15.9. The highest BCUT2D eigenvalue weighted by molar-refractivity contribution is 7.09. The number of nitrogens with zero attached hydrogens (tertiary/aromatic N) is 1. The van der Waals surface area contributed by atoms with Gasteiger partial charge in [0.15, 0.2) is 0 Å². The van der Waals surface area contributed by atoms with Gasteiger partial charge in [0.05, 0.1) is 5.60 Å². The van der Waals surface area contributed by atoms with Gasteiger partial charge in [0.25, 0.3) is 0 Å². The summed E-state index contributed by atoms with van der Waals surface area (Å²) < 4.78 is 0. The normalized spacial score (nSPS) is 14.5. The minimum atomic E-state index is -0.683. The zero-order valence-corrected chi connectivity index (χ0v) is 9.06. The van der Waals surface area contributed by atoms with E-state index in [9.17, 15) is 5.11 Å². The molecule has 13 heavy (non-hydrogen) atoms. The first-order valence-electron chi connectivity index (χ1n) is 4.34. The lowest BCUT2D eigenvalue weighted by Gasteiger charge is -2.26. The van der Waals surface area contributed by atoms with Crippen LogP contribution in [-0.2, 0) is 6.54 Å². The van der Waals surface area contributed by atoms with E-state index in [0.29, 0.717) is 0 Å². The van der Waals surface area contributed by atoms with Crippen LogP contribution in [0.2, 0.25) is 0 Å². The van der Waals surface area contributed by atoms with Crippen LogP contribution in [0.15, 0.2) is 11.6 Å². The van der Waals surface area contributed by atoms with E-state index in [1.54, 1.807) is 31.4 Å². The Bertz CT molecular complexity index is 241. The molecule has 74 valence electrons. The van der Waals surface area contributed by atoms with Crippen molar-refractivity contribution in [1.29, 1.82) is 0 Å². The van der Waals surface area contributed by atoms with Crippen molar-refractivity contribution in [1.82, 2.24) is 10.3 Å². The first kappa shape index (κ1) is 10.6. The molecule has 0 spiro atoms. The van der Waals surface area contributed by atoms with Gasteiger partial charge in [-0.3, -0.25) is 0 Å². The number of nitrogens with one attached hydrogen (secondary N) is 1. The van der Waals surface area contributed by atoms with Crippen molar-refractivity contribution < 1.29 is 5.11 Å². The molecule has 1 atom stereocenters. The molecule has 1 aromatic rings. The molecule has 1 unspecified atom stereocenters. The molecule has 0 aliphatic carbocycles. The molecule has 2 N–H and O–H groups in total. The Labute approximate surface area is 82.8 Å². The monoisotopic (exact) mass is 200 g/mol. The molecular formula is C9H16N2OS. The van der Waals surface area contributed by atoms with Crippen LogP contribution in [0.5, 0.6) is 0 Å². The fourth-order valence-electron chi connectivity index (χ4n) is 0.830. The largest absolute Gasteiger partial charge is 0.389 e. The summed E-state index contributed by atoms with van der Waals surface area (Å²) in [6.07, 6.45) is 1.79. The summed E-state index contributed by atoms with van der Waals surface area (Å²) in [7, 11) is 0. The van der Waals surface area contributed by atoms with Crippen molar-refractivity contribution in [3.05, 3.63) is 16.6 Å².